The van der Waals surface area contributed by atoms with Crippen molar-refractivity contribution in [2.45, 2.75) is 39.2 Å². The fraction of sp³-hybridized carbons (Fsp3) is 0.923. The third kappa shape index (κ3) is 6.03. The first kappa shape index (κ1) is 14.5. The summed E-state index contributed by atoms with van der Waals surface area (Å²) >= 11 is 0. The molecule has 0 saturated carbocycles. The van der Waals surface area contributed by atoms with Crippen molar-refractivity contribution in [3.63, 3.8) is 0 Å². The summed E-state index contributed by atoms with van der Waals surface area (Å²) in [5.74, 6) is 0.665. The van der Waals surface area contributed by atoms with Crippen LogP contribution in [-0.2, 0) is 9.53 Å². The Morgan fingerprint density at radius 1 is 1.47 bits per heavy atom. The van der Waals surface area contributed by atoms with Gasteiger partial charge in [-0.15, -0.1) is 0 Å². The second-order valence-electron chi connectivity index (χ2n) is 5.96. The Hall–Kier alpha value is -0.610. The average molecular weight is 242 g/mol. The third-order valence-electron chi connectivity index (χ3n) is 2.98. The number of nitrogens with one attached hydrogen (secondary N) is 1. The van der Waals surface area contributed by atoms with Crippen LogP contribution in [0.15, 0.2) is 0 Å². The maximum absolute atomic E-state index is 11.9. The van der Waals surface area contributed by atoms with Crippen LogP contribution in [0, 0.1) is 5.92 Å². The summed E-state index contributed by atoms with van der Waals surface area (Å²) in [6.07, 6.45) is 2.29. The van der Waals surface area contributed by atoms with E-state index in [1.54, 1.807) is 0 Å². The number of carbonyl (C=O) groups excluding carboxylic acids is 1. The SMILES string of the molecule is CN(CC1CCCOC1)C(=O)CNC(C)(C)C. The van der Waals surface area contributed by atoms with Crippen LogP contribution in [0.25, 0.3) is 0 Å². The van der Waals surface area contributed by atoms with E-state index in [1.165, 1.54) is 6.42 Å². The van der Waals surface area contributed by atoms with Crippen LogP contribution in [0.1, 0.15) is 33.6 Å². The van der Waals surface area contributed by atoms with Gasteiger partial charge in [0.15, 0.2) is 0 Å². The van der Waals surface area contributed by atoms with Crippen LogP contribution in [-0.4, -0.2) is 49.7 Å². The number of amides is 1. The molecule has 0 radical (unpaired) electrons. The van der Waals surface area contributed by atoms with Gasteiger partial charge in [-0.1, -0.05) is 0 Å². The average Bonchev–Trinajstić information content (AvgIpc) is 2.26. The van der Waals surface area contributed by atoms with E-state index >= 15 is 0 Å². The second kappa shape index (κ2) is 6.36. The Kier molecular flexibility index (Phi) is 5.40. The van der Waals surface area contributed by atoms with Gasteiger partial charge < -0.3 is 15.0 Å². The highest BCUT2D eigenvalue weighted by Crippen LogP contribution is 2.14. The van der Waals surface area contributed by atoms with Gasteiger partial charge in [0.1, 0.15) is 0 Å². The summed E-state index contributed by atoms with van der Waals surface area (Å²) in [6.45, 7) is 9.09. The third-order valence-corrected chi connectivity index (χ3v) is 2.98. The lowest BCUT2D eigenvalue weighted by Crippen LogP contribution is -2.45. The van der Waals surface area contributed by atoms with E-state index < -0.39 is 0 Å². The van der Waals surface area contributed by atoms with E-state index in [4.69, 9.17) is 4.74 Å². The zero-order chi connectivity index (χ0) is 12.9. The minimum atomic E-state index is -0.00947. The minimum Gasteiger partial charge on any atom is -0.381 e. The Labute approximate surface area is 105 Å². The molecule has 1 amide bonds. The van der Waals surface area contributed by atoms with Gasteiger partial charge in [-0.05, 0) is 39.5 Å². The van der Waals surface area contributed by atoms with E-state index in [0.717, 1.165) is 26.2 Å². The summed E-state index contributed by atoms with van der Waals surface area (Å²) in [5.41, 5.74) is -0.00947. The smallest absolute Gasteiger partial charge is 0.236 e. The molecule has 100 valence electrons. The standard InChI is InChI=1S/C13H26N2O2/c1-13(2,3)14-8-12(16)15(4)9-11-6-5-7-17-10-11/h11,14H,5-10H2,1-4H3. The van der Waals surface area contributed by atoms with Crippen LogP contribution in [0.5, 0.6) is 0 Å². The van der Waals surface area contributed by atoms with E-state index in [2.05, 4.69) is 26.1 Å². The van der Waals surface area contributed by atoms with Crippen molar-refractivity contribution in [1.82, 2.24) is 10.2 Å². The molecule has 1 unspecified atom stereocenters. The molecule has 4 heteroatoms. The van der Waals surface area contributed by atoms with Crippen molar-refractivity contribution >= 4 is 5.91 Å². The summed E-state index contributed by atoms with van der Waals surface area (Å²) in [7, 11) is 1.88. The van der Waals surface area contributed by atoms with Gasteiger partial charge in [0.25, 0.3) is 0 Å². The number of hydrogen-bond donors (Lipinski definition) is 1. The van der Waals surface area contributed by atoms with Gasteiger partial charge in [-0.3, -0.25) is 4.79 Å². The topological polar surface area (TPSA) is 41.6 Å². The Morgan fingerprint density at radius 2 is 2.18 bits per heavy atom. The molecule has 4 nitrogen and oxygen atoms in total. The predicted molar refractivity (Wildman–Crippen MR) is 68.9 cm³/mol. The molecule has 1 rings (SSSR count). The van der Waals surface area contributed by atoms with Crippen LogP contribution in [0.3, 0.4) is 0 Å². The first-order valence-corrected chi connectivity index (χ1v) is 6.45. The van der Waals surface area contributed by atoms with Crippen LogP contribution in [0.4, 0.5) is 0 Å². The van der Waals surface area contributed by atoms with Gasteiger partial charge in [-0.2, -0.15) is 0 Å². The van der Waals surface area contributed by atoms with Crippen molar-refractivity contribution in [2.24, 2.45) is 5.92 Å². The Bertz CT molecular complexity index is 242. The molecule has 0 aromatic rings. The Morgan fingerprint density at radius 3 is 2.71 bits per heavy atom. The van der Waals surface area contributed by atoms with Gasteiger partial charge >= 0.3 is 0 Å². The maximum atomic E-state index is 11.9. The molecular weight excluding hydrogens is 216 g/mol. The summed E-state index contributed by atoms with van der Waals surface area (Å²) in [4.78, 5) is 13.7. The summed E-state index contributed by atoms with van der Waals surface area (Å²) < 4.78 is 5.42. The number of likely N-dealkylation sites (N-methyl/N-ethyl adjacent to an activating group) is 1. The number of hydrogen-bond acceptors (Lipinski definition) is 3. The maximum Gasteiger partial charge on any atom is 0.236 e. The number of ether oxygens (including phenoxy) is 1. The predicted octanol–water partition coefficient (Wildman–Crippen LogP) is 1.26. The molecule has 1 heterocycles. The molecule has 1 aliphatic rings. The first-order valence-electron chi connectivity index (χ1n) is 6.45. The minimum absolute atomic E-state index is 0.00947. The van der Waals surface area contributed by atoms with Crippen molar-refractivity contribution in [2.75, 3.05) is 33.4 Å². The highest BCUT2D eigenvalue weighted by atomic mass is 16.5. The molecule has 1 saturated heterocycles. The molecule has 1 aliphatic heterocycles. The lowest BCUT2D eigenvalue weighted by molar-refractivity contribution is -0.130. The highest BCUT2D eigenvalue weighted by Gasteiger charge is 2.19. The number of nitrogens with zero attached hydrogens (tertiary/aromatic N) is 1. The zero-order valence-corrected chi connectivity index (χ0v) is 11.6. The fourth-order valence-electron chi connectivity index (χ4n) is 1.92. The first-order chi connectivity index (χ1) is 7.88. The van der Waals surface area contributed by atoms with Crippen molar-refractivity contribution < 1.29 is 9.53 Å². The summed E-state index contributed by atoms with van der Waals surface area (Å²) in [6, 6.07) is 0. The fourth-order valence-corrected chi connectivity index (χ4v) is 1.92. The lowest BCUT2D eigenvalue weighted by Gasteiger charge is -2.28. The van der Waals surface area contributed by atoms with Crippen LogP contribution in [0.2, 0.25) is 0 Å². The van der Waals surface area contributed by atoms with Crippen LogP contribution < -0.4 is 5.32 Å². The van der Waals surface area contributed by atoms with Crippen molar-refractivity contribution in [3.8, 4) is 0 Å². The second-order valence-corrected chi connectivity index (χ2v) is 5.96. The van der Waals surface area contributed by atoms with Crippen LogP contribution >= 0.6 is 0 Å². The number of carbonyl (C=O) groups is 1. The normalized spacial score (nSPS) is 21.3. The van der Waals surface area contributed by atoms with Crippen molar-refractivity contribution in [1.29, 1.82) is 0 Å². The van der Waals surface area contributed by atoms with E-state index in [1.807, 2.05) is 11.9 Å². The molecule has 0 spiro atoms. The molecular formula is C13H26N2O2. The van der Waals surface area contributed by atoms with E-state index in [0.29, 0.717) is 12.5 Å². The van der Waals surface area contributed by atoms with E-state index in [9.17, 15) is 4.79 Å². The summed E-state index contributed by atoms with van der Waals surface area (Å²) in [5, 5.41) is 3.22. The van der Waals surface area contributed by atoms with Gasteiger partial charge in [0.05, 0.1) is 13.2 Å². The molecule has 1 atom stereocenters. The molecule has 0 aromatic carbocycles. The molecule has 1 fully saturated rings. The zero-order valence-electron chi connectivity index (χ0n) is 11.6. The monoisotopic (exact) mass is 242 g/mol. The van der Waals surface area contributed by atoms with Crippen molar-refractivity contribution in [3.05, 3.63) is 0 Å². The Balaban J connectivity index is 2.26. The molecule has 0 aromatic heterocycles. The van der Waals surface area contributed by atoms with Gasteiger partial charge in [0, 0.05) is 25.7 Å². The molecule has 0 aliphatic carbocycles. The highest BCUT2D eigenvalue weighted by molar-refractivity contribution is 5.78. The largest absolute Gasteiger partial charge is 0.381 e. The molecule has 0 bridgehead atoms. The van der Waals surface area contributed by atoms with Gasteiger partial charge in [-0.25, -0.2) is 0 Å². The number of rotatable bonds is 4. The molecule has 17 heavy (non-hydrogen) atoms. The van der Waals surface area contributed by atoms with E-state index in [-0.39, 0.29) is 11.4 Å². The van der Waals surface area contributed by atoms with Gasteiger partial charge in [0.2, 0.25) is 5.91 Å². The molecule has 1 N–H and O–H groups in total. The lowest BCUT2D eigenvalue weighted by atomic mass is 10.0. The quantitative estimate of drug-likeness (QED) is 0.807.